The Morgan fingerprint density at radius 1 is 1.08 bits per heavy atom. The van der Waals surface area contributed by atoms with Crippen molar-refractivity contribution in [2.75, 3.05) is 18.0 Å². The first-order valence-electron chi connectivity index (χ1n) is 12.0. The zero-order valence-electron chi connectivity index (χ0n) is 19.3. The largest absolute Gasteiger partial charge is 0.478 e. The van der Waals surface area contributed by atoms with Crippen molar-refractivity contribution < 1.29 is 18.8 Å². The number of aromatic nitrogens is 2. The highest BCUT2D eigenvalue weighted by Gasteiger charge is 2.33. The zero-order valence-corrected chi connectivity index (χ0v) is 20.8. The monoisotopic (exact) mass is 523 g/mol. The van der Waals surface area contributed by atoms with Gasteiger partial charge in [0.25, 0.3) is 6.01 Å². The van der Waals surface area contributed by atoms with Crippen molar-refractivity contribution in [3.8, 4) is 11.3 Å². The minimum absolute atomic E-state index is 0.197. The number of anilines is 1. The summed E-state index contributed by atoms with van der Waals surface area (Å²) in [6.07, 6.45) is 8.41. The maximum absolute atomic E-state index is 11.2. The van der Waals surface area contributed by atoms with Crippen LogP contribution in [0.1, 0.15) is 53.3 Å². The van der Waals surface area contributed by atoms with Crippen LogP contribution in [-0.2, 0) is 0 Å². The second-order valence-electron chi connectivity index (χ2n) is 9.35. The molecule has 0 amide bonds. The number of fused-ring (bicyclic) bond motifs is 1. The van der Waals surface area contributed by atoms with E-state index < -0.39 is 5.97 Å². The van der Waals surface area contributed by atoms with Gasteiger partial charge in [0.05, 0.1) is 15.6 Å². The van der Waals surface area contributed by atoms with Crippen LogP contribution in [0.5, 0.6) is 0 Å². The van der Waals surface area contributed by atoms with Crippen molar-refractivity contribution in [3.05, 3.63) is 69.4 Å². The first kappa shape index (κ1) is 23.1. The topological polar surface area (TPSA) is 92.6 Å². The summed E-state index contributed by atoms with van der Waals surface area (Å²) in [5.74, 6) is 0.698. The molecule has 1 aliphatic heterocycles. The number of aromatic carboxylic acids is 1. The molecule has 0 bridgehead atoms. The van der Waals surface area contributed by atoms with E-state index in [1.54, 1.807) is 12.1 Å². The number of hydrogen-bond acceptors (Lipinski definition) is 6. The van der Waals surface area contributed by atoms with Crippen molar-refractivity contribution in [1.29, 1.82) is 0 Å². The Hall–Kier alpha value is -3.29. The van der Waals surface area contributed by atoms with Crippen molar-refractivity contribution in [2.24, 2.45) is 5.92 Å². The van der Waals surface area contributed by atoms with Gasteiger partial charge < -0.3 is 18.9 Å². The third-order valence-electron chi connectivity index (χ3n) is 6.87. The highest BCUT2D eigenvalue weighted by molar-refractivity contribution is 6.39. The molecule has 0 spiro atoms. The standard InChI is InChI=1S/C27H23Cl2N3O4/c28-19-2-1-3-20(29)23(19)24-18(25(36-31-24)16-5-6-16)8-4-15-10-12-32(13-11-15)27-30-21-14-17(26(33)34)7-9-22(21)35-27/h1-4,7-9,14-16H,5-6,10-13H2,(H,33,34). The van der Waals surface area contributed by atoms with E-state index in [0.29, 0.717) is 50.3 Å². The summed E-state index contributed by atoms with van der Waals surface area (Å²) in [5, 5.41) is 14.7. The summed E-state index contributed by atoms with van der Waals surface area (Å²) in [4.78, 5) is 17.9. The summed E-state index contributed by atoms with van der Waals surface area (Å²) in [6.45, 7) is 1.58. The van der Waals surface area contributed by atoms with Gasteiger partial charge in [0.1, 0.15) is 17.0 Å². The molecule has 3 heterocycles. The molecule has 1 aliphatic carbocycles. The number of piperidine rings is 1. The lowest BCUT2D eigenvalue weighted by Crippen LogP contribution is -2.33. The Kier molecular flexibility index (Phi) is 5.97. The molecular weight excluding hydrogens is 501 g/mol. The Balaban J connectivity index is 1.19. The third kappa shape index (κ3) is 4.38. The van der Waals surface area contributed by atoms with Crippen LogP contribution in [-0.4, -0.2) is 34.3 Å². The Morgan fingerprint density at radius 3 is 2.53 bits per heavy atom. The number of carboxylic acid groups (broad SMARTS) is 1. The summed E-state index contributed by atoms with van der Waals surface area (Å²) >= 11 is 13.0. The minimum Gasteiger partial charge on any atom is -0.478 e. The van der Waals surface area contributed by atoms with E-state index in [1.165, 1.54) is 6.07 Å². The highest BCUT2D eigenvalue weighted by Crippen LogP contribution is 2.46. The Bertz CT molecular complexity index is 1460. The van der Waals surface area contributed by atoms with E-state index in [0.717, 1.165) is 50.1 Å². The molecule has 0 radical (unpaired) electrons. The molecule has 2 aliphatic rings. The van der Waals surface area contributed by atoms with Gasteiger partial charge in [0.15, 0.2) is 5.58 Å². The second kappa shape index (κ2) is 9.30. The van der Waals surface area contributed by atoms with E-state index >= 15 is 0 Å². The fourth-order valence-electron chi connectivity index (χ4n) is 4.71. The fraction of sp³-hybridized carbons (Fsp3) is 0.296. The van der Waals surface area contributed by atoms with E-state index in [-0.39, 0.29) is 5.56 Å². The quantitative estimate of drug-likeness (QED) is 0.283. The van der Waals surface area contributed by atoms with Gasteiger partial charge in [-0.05, 0) is 61.9 Å². The average Bonchev–Trinajstić information content (AvgIpc) is 3.49. The average molecular weight is 524 g/mol. The first-order valence-corrected chi connectivity index (χ1v) is 12.7. The third-order valence-corrected chi connectivity index (χ3v) is 7.50. The van der Waals surface area contributed by atoms with Gasteiger partial charge in [-0.2, -0.15) is 4.98 Å². The SMILES string of the molecule is O=C(O)c1ccc2oc(N3CCC(C=Cc4c(-c5c(Cl)cccc5Cl)noc4C4CC4)CC3)nc2c1. The molecule has 1 saturated carbocycles. The molecule has 184 valence electrons. The van der Waals surface area contributed by atoms with Gasteiger partial charge in [-0.25, -0.2) is 4.79 Å². The van der Waals surface area contributed by atoms with Crippen LogP contribution in [0, 0.1) is 5.92 Å². The van der Waals surface area contributed by atoms with E-state index in [9.17, 15) is 9.90 Å². The molecule has 0 atom stereocenters. The zero-order chi connectivity index (χ0) is 24.8. The molecule has 6 rings (SSSR count). The van der Waals surface area contributed by atoms with Gasteiger partial charge in [0.2, 0.25) is 0 Å². The second-order valence-corrected chi connectivity index (χ2v) is 10.2. The molecule has 36 heavy (non-hydrogen) atoms. The van der Waals surface area contributed by atoms with Crippen LogP contribution >= 0.6 is 23.2 Å². The van der Waals surface area contributed by atoms with Crippen LogP contribution in [0.3, 0.4) is 0 Å². The number of rotatable bonds is 6. The summed E-state index contributed by atoms with van der Waals surface area (Å²) < 4.78 is 11.7. The van der Waals surface area contributed by atoms with Crippen LogP contribution < -0.4 is 4.90 Å². The van der Waals surface area contributed by atoms with Gasteiger partial charge in [-0.15, -0.1) is 0 Å². The number of carbonyl (C=O) groups is 1. The number of benzene rings is 2. The molecule has 4 aromatic rings. The van der Waals surface area contributed by atoms with E-state index in [2.05, 4.69) is 27.2 Å². The summed E-state index contributed by atoms with van der Waals surface area (Å²) in [5.41, 5.74) is 3.69. The molecule has 7 nitrogen and oxygen atoms in total. The smallest absolute Gasteiger partial charge is 0.335 e. The lowest BCUT2D eigenvalue weighted by atomic mass is 9.94. The van der Waals surface area contributed by atoms with Crippen molar-refractivity contribution in [1.82, 2.24) is 10.1 Å². The fourth-order valence-corrected chi connectivity index (χ4v) is 5.29. The van der Waals surface area contributed by atoms with Crippen LogP contribution in [0.15, 0.2) is 51.4 Å². The lowest BCUT2D eigenvalue weighted by molar-refractivity contribution is 0.0697. The normalized spacial score (nSPS) is 16.9. The van der Waals surface area contributed by atoms with Crippen LogP contribution in [0.4, 0.5) is 6.01 Å². The van der Waals surface area contributed by atoms with Gasteiger partial charge >= 0.3 is 5.97 Å². The van der Waals surface area contributed by atoms with Crippen LogP contribution in [0.25, 0.3) is 28.4 Å². The number of oxazole rings is 1. The van der Waals surface area contributed by atoms with E-state index in [1.807, 2.05) is 18.2 Å². The molecule has 1 N–H and O–H groups in total. The molecule has 1 saturated heterocycles. The van der Waals surface area contributed by atoms with E-state index in [4.69, 9.17) is 32.1 Å². The molecule has 2 aromatic heterocycles. The van der Waals surface area contributed by atoms with Gasteiger partial charge in [-0.3, -0.25) is 0 Å². The number of halogens is 2. The maximum Gasteiger partial charge on any atom is 0.335 e. The summed E-state index contributed by atoms with van der Waals surface area (Å²) in [6, 6.07) is 10.7. The maximum atomic E-state index is 11.2. The molecule has 2 fully saturated rings. The predicted octanol–water partition coefficient (Wildman–Crippen LogP) is 7.30. The Labute approximate surface area is 217 Å². The highest BCUT2D eigenvalue weighted by atomic mass is 35.5. The molecule has 9 heteroatoms. The number of hydrogen-bond donors (Lipinski definition) is 1. The number of allylic oxidation sites excluding steroid dienone is 1. The van der Waals surface area contributed by atoms with Crippen molar-refractivity contribution >= 4 is 52.4 Å². The van der Waals surface area contributed by atoms with Crippen molar-refractivity contribution in [3.63, 3.8) is 0 Å². The number of nitrogens with zero attached hydrogens (tertiary/aromatic N) is 3. The molecular formula is C27H23Cl2N3O4. The molecule has 2 aromatic carbocycles. The summed E-state index contributed by atoms with van der Waals surface area (Å²) in [7, 11) is 0. The van der Waals surface area contributed by atoms with Crippen LogP contribution in [0.2, 0.25) is 10.0 Å². The van der Waals surface area contributed by atoms with Gasteiger partial charge in [-0.1, -0.05) is 46.6 Å². The minimum atomic E-state index is -0.980. The first-order chi connectivity index (χ1) is 17.5. The predicted molar refractivity (Wildman–Crippen MR) is 139 cm³/mol. The molecule has 0 unspecified atom stereocenters. The number of carboxylic acids is 1. The Morgan fingerprint density at radius 2 is 1.83 bits per heavy atom. The lowest BCUT2D eigenvalue weighted by Gasteiger charge is -2.29. The van der Waals surface area contributed by atoms with Gasteiger partial charge in [0, 0.05) is 30.1 Å². The van der Waals surface area contributed by atoms with Crippen molar-refractivity contribution in [2.45, 2.75) is 31.6 Å².